The highest BCUT2D eigenvalue weighted by molar-refractivity contribution is 7.09. The molecule has 484 valence electrons. The number of hydrogen-bond donors (Lipinski definition) is 5. The summed E-state index contributed by atoms with van der Waals surface area (Å²) in [5.74, 6) is 0.408. The molecular formula is C72H72N14O8S. The summed E-state index contributed by atoms with van der Waals surface area (Å²) >= 11 is 1.53. The summed E-state index contributed by atoms with van der Waals surface area (Å²) in [6.45, 7) is 8.09. The normalized spacial score (nSPS) is 13.3. The molecule has 23 heteroatoms. The maximum Gasteiger partial charge on any atom is 0.337 e. The maximum atomic E-state index is 13.4. The second-order valence-corrected chi connectivity index (χ2v) is 24.2. The number of hydrogen-bond acceptors (Lipinski definition) is 15. The number of amidine groups is 1. The fraction of sp³-hybridized carbons (Fsp3) is 0.264. The van der Waals surface area contributed by atoms with E-state index in [9.17, 15) is 29.4 Å². The highest BCUT2D eigenvalue weighted by atomic mass is 32.1. The van der Waals surface area contributed by atoms with Gasteiger partial charge in [-0.3, -0.25) is 19.3 Å². The smallest absolute Gasteiger partial charge is 0.337 e. The van der Waals surface area contributed by atoms with Crippen molar-refractivity contribution < 1.29 is 39.2 Å². The van der Waals surface area contributed by atoms with Crippen molar-refractivity contribution in [2.45, 2.75) is 117 Å². The standard InChI is InChI=1S/C25H28N6O.C24H20N6O3.C23H24N2O4S/c1-2-3-10-22-26-25(15-6-7-16-25)24(32)31(22)17-18-11-13-19(14-12-18)20-8-4-5-9-21(20)23-27-29-30-28-23;1-2-33-24-25-20-9-5-8-19(23(31)32)21(20)30(24)14-15-10-12-16(13-11-15)17-6-3-4-7-18(17)22-26-28-29-27-22;1-2-3-6-21-24-14-19(12-18(23(28)29)13-20-5-4-11-30-20)25(21)15-16-7-9-17(10-8-16)22(26)27/h4-5,8-9,11-14H,2-3,6-7,10,15-17H2,1H3,(H,27,28,29,30);3-13H,2,14H2,1H3,(H,31,32)(H,26,27,28,29);4-5,7-12,14H,2-3,6,13,15H2,1H3,(H,26,27)(H,28,29)/b;;18-12+. The number of fused-ring (bicyclic) bond motifs is 1. The van der Waals surface area contributed by atoms with E-state index in [-0.39, 0.29) is 17.0 Å². The largest absolute Gasteiger partial charge is 0.478 e. The third kappa shape index (κ3) is 15.4. The number of carbonyl (C=O) groups excluding carboxylic acids is 1. The number of nitrogens with zero attached hydrogens (tertiary/aromatic N) is 12. The molecule has 1 fully saturated rings. The zero-order valence-corrected chi connectivity index (χ0v) is 53.7. The van der Waals surface area contributed by atoms with Crippen molar-refractivity contribution in [3.63, 3.8) is 0 Å². The molecule has 6 aromatic carbocycles. The molecule has 22 nitrogen and oxygen atoms in total. The Morgan fingerprint density at radius 2 is 1.22 bits per heavy atom. The van der Waals surface area contributed by atoms with Gasteiger partial charge in [-0.1, -0.05) is 161 Å². The molecule has 0 atom stereocenters. The second kappa shape index (κ2) is 30.6. The summed E-state index contributed by atoms with van der Waals surface area (Å²) in [5.41, 5.74) is 11.2. The van der Waals surface area contributed by atoms with Crippen LogP contribution in [0.1, 0.15) is 132 Å². The van der Waals surface area contributed by atoms with Crippen LogP contribution in [0.2, 0.25) is 0 Å². The van der Waals surface area contributed by atoms with Crippen LogP contribution in [0, 0.1) is 0 Å². The number of aryl methyl sites for hydroxylation is 1. The van der Waals surface area contributed by atoms with Crippen molar-refractivity contribution in [1.29, 1.82) is 0 Å². The van der Waals surface area contributed by atoms with E-state index in [0.717, 1.165) is 137 Å². The Morgan fingerprint density at radius 3 is 1.76 bits per heavy atom. The van der Waals surface area contributed by atoms with Crippen LogP contribution in [-0.4, -0.2) is 122 Å². The van der Waals surface area contributed by atoms with Crippen LogP contribution >= 0.6 is 11.3 Å². The van der Waals surface area contributed by atoms with Crippen LogP contribution in [0.4, 0.5) is 0 Å². The minimum absolute atomic E-state index is 0.192. The second-order valence-electron chi connectivity index (χ2n) is 23.2. The number of aliphatic carboxylic acids is 1. The van der Waals surface area contributed by atoms with Gasteiger partial charge in [-0.15, -0.1) is 21.5 Å². The molecule has 1 spiro atoms. The van der Waals surface area contributed by atoms with E-state index in [4.69, 9.17) is 14.8 Å². The zero-order chi connectivity index (χ0) is 66.3. The number of aromatic nitrogens is 12. The molecule has 95 heavy (non-hydrogen) atoms. The number of nitrogens with one attached hydrogen (secondary N) is 2. The molecule has 0 bridgehead atoms. The van der Waals surface area contributed by atoms with Gasteiger partial charge in [0, 0.05) is 47.4 Å². The van der Waals surface area contributed by atoms with E-state index < -0.39 is 23.4 Å². The fourth-order valence-corrected chi connectivity index (χ4v) is 12.7. The van der Waals surface area contributed by atoms with Crippen LogP contribution in [0.25, 0.3) is 62.1 Å². The summed E-state index contributed by atoms with van der Waals surface area (Å²) in [5, 5.41) is 58.9. The van der Waals surface area contributed by atoms with Gasteiger partial charge in [-0.2, -0.15) is 4.98 Å². The van der Waals surface area contributed by atoms with Crippen LogP contribution in [0.3, 0.4) is 0 Å². The Balaban J connectivity index is 0.000000145. The Labute approximate surface area is 552 Å². The van der Waals surface area contributed by atoms with Gasteiger partial charge in [0.15, 0.2) is 11.6 Å². The van der Waals surface area contributed by atoms with Crippen molar-refractivity contribution in [3.8, 4) is 51.0 Å². The number of amides is 1. The predicted molar refractivity (Wildman–Crippen MR) is 363 cm³/mol. The van der Waals surface area contributed by atoms with E-state index in [2.05, 4.69) is 95.4 Å². The zero-order valence-electron chi connectivity index (χ0n) is 52.9. The molecule has 0 unspecified atom stereocenters. The average Bonchev–Trinajstić information content (AvgIpc) is 1.63. The number of tetrazole rings is 2. The number of H-pyrrole nitrogens is 2. The lowest BCUT2D eigenvalue weighted by molar-refractivity contribution is -0.133. The van der Waals surface area contributed by atoms with Gasteiger partial charge in [-0.05, 0) is 134 Å². The van der Waals surface area contributed by atoms with E-state index in [1.54, 1.807) is 54.7 Å². The first-order valence-corrected chi connectivity index (χ1v) is 32.6. The number of unbranched alkanes of at least 4 members (excludes halogenated alkanes) is 2. The van der Waals surface area contributed by atoms with E-state index in [0.29, 0.717) is 66.9 Å². The first kappa shape index (κ1) is 65.4. The molecular weight excluding hydrogens is 1220 g/mol. The Kier molecular flexibility index (Phi) is 21.1. The van der Waals surface area contributed by atoms with E-state index >= 15 is 0 Å². The minimum atomic E-state index is -1.00. The molecule has 11 aromatic rings. The average molecular weight is 1290 g/mol. The molecule has 1 aliphatic heterocycles. The van der Waals surface area contributed by atoms with E-state index in [1.165, 1.54) is 11.3 Å². The summed E-state index contributed by atoms with van der Waals surface area (Å²) in [6, 6.07) is 48.4. The monoisotopic (exact) mass is 1290 g/mol. The molecule has 0 saturated heterocycles. The number of para-hydroxylation sites is 1. The number of ether oxygens (including phenoxy) is 1. The van der Waals surface area contributed by atoms with Crippen LogP contribution in [0.15, 0.2) is 174 Å². The topological polar surface area (TPSA) is 298 Å². The molecule has 6 heterocycles. The number of aromatic amines is 2. The van der Waals surface area contributed by atoms with Crippen LogP contribution in [-0.2, 0) is 42.1 Å². The summed E-state index contributed by atoms with van der Waals surface area (Å²) < 4.78 is 9.54. The van der Waals surface area contributed by atoms with Gasteiger partial charge in [-0.25, -0.2) is 29.6 Å². The fourth-order valence-electron chi connectivity index (χ4n) is 12.0. The third-order valence-electron chi connectivity index (χ3n) is 16.8. The van der Waals surface area contributed by atoms with E-state index in [1.807, 2.05) is 105 Å². The van der Waals surface area contributed by atoms with Crippen LogP contribution in [0.5, 0.6) is 6.01 Å². The molecule has 1 amide bonds. The van der Waals surface area contributed by atoms with Gasteiger partial charge in [0.25, 0.3) is 11.9 Å². The highest BCUT2D eigenvalue weighted by Crippen LogP contribution is 2.41. The number of carboxylic acids is 3. The number of aromatic carboxylic acids is 2. The lowest BCUT2D eigenvalue weighted by Gasteiger charge is -2.23. The molecule has 1 saturated carbocycles. The molecule has 0 radical (unpaired) electrons. The van der Waals surface area contributed by atoms with Gasteiger partial charge < -0.3 is 24.6 Å². The van der Waals surface area contributed by atoms with Gasteiger partial charge in [0.1, 0.15) is 17.2 Å². The lowest BCUT2D eigenvalue weighted by atomic mass is 9.97. The van der Waals surface area contributed by atoms with Crippen molar-refractivity contribution in [1.82, 2.24) is 65.3 Å². The molecule has 5 aromatic heterocycles. The SMILES string of the molecule is CCCCC1=NC2(CCCC2)C(=O)N1Cc1ccc(-c2ccccc2-c2nnn[nH]2)cc1.CCCCc1ncc(/C=C(\Cc2cccs2)C(=O)O)n1Cc1ccc(C(=O)O)cc1.CCOc1nc2cccc(C(=O)O)c2n1Cc1ccc(-c2ccccc2-c2nnn[nH]2)cc1. The van der Waals surface area contributed by atoms with Crippen LogP contribution < -0.4 is 4.74 Å². The molecule has 13 rings (SSSR count). The Morgan fingerprint density at radius 1 is 0.642 bits per heavy atom. The van der Waals surface area contributed by atoms with Gasteiger partial charge in [0.05, 0.1) is 53.7 Å². The summed E-state index contributed by atoms with van der Waals surface area (Å²) in [6.07, 6.45) is 13.6. The number of carbonyl (C=O) groups is 4. The number of benzene rings is 6. The van der Waals surface area contributed by atoms with Gasteiger partial charge >= 0.3 is 17.9 Å². The predicted octanol–water partition coefficient (Wildman–Crippen LogP) is 13.6. The number of carboxylic acid groups (broad SMARTS) is 3. The lowest BCUT2D eigenvalue weighted by Crippen LogP contribution is -2.40. The Bertz CT molecular complexity index is 4480. The molecule has 2 aliphatic rings. The number of imidazole rings is 2. The molecule has 1 aliphatic carbocycles. The first-order valence-electron chi connectivity index (χ1n) is 31.8. The van der Waals surface area contributed by atoms with Crippen molar-refractivity contribution >= 4 is 58.1 Å². The molecule has 5 N–H and O–H groups in total. The minimum Gasteiger partial charge on any atom is -0.478 e. The summed E-state index contributed by atoms with van der Waals surface area (Å²) in [7, 11) is 0. The highest BCUT2D eigenvalue weighted by Gasteiger charge is 2.49. The third-order valence-corrected chi connectivity index (χ3v) is 17.7. The quantitative estimate of drug-likeness (QED) is 0.0351. The number of thiophene rings is 1. The first-order chi connectivity index (χ1) is 46.3. The van der Waals surface area contributed by atoms with Gasteiger partial charge in [0.2, 0.25) is 0 Å². The Hall–Kier alpha value is -11.1. The van der Waals surface area contributed by atoms with Crippen molar-refractivity contribution in [3.05, 3.63) is 213 Å². The number of rotatable bonds is 24. The summed E-state index contributed by atoms with van der Waals surface area (Å²) in [4.78, 5) is 65.1. The van der Waals surface area contributed by atoms with Crippen molar-refractivity contribution in [2.75, 3.05) is 6.61 Å². The maximum absolute atomic E-state index is 13.4. The number of aliphatic imine (C=N–C) groups is 1. The van der Waals surface area contributed by atoms with Crippen molar-refractivity contribution in [2.24, 2.45) is 4.99 Å².